The zero-order valence-corrected chi connectivity index (χ0v) is 15.2. The van der Waals surface area contributed by atoms with Crippen LogP contribution >= 0.6 is 0 Å². The molecule has 134 valence electrons. The third kappa shape index (κ3) is 2.67. The molecule has 4 aromatic rings. The van der Waals surface area contributed by atoms with Crippen LogP contribution in [0.3, 0.4) is 0 Å². The quantitative estimate of drug-likeness (QED) is 0.538. The van der Waals surface area contributed by atoms with Crippen molar-refractivity contribution in [3.63, 3.8) is 0 Å². The number of nitrogens with zero attached hydrogens (tertiary/aromatic N) is 4. The third-order valence-corrected chi connectivity index (χ3v) is 6.79. The summed E-state index contributed by atoms with van der Waals surface area (Å²) in [4.78, 5) is 13.4. The molecule has 5 rings (SSSR count). The van der Waals surface area contributed by atoms with E-state index in [1.807, 2.05) is 30.3 Å². The molecule has 0 N–H and O–H groups in total. The zero-order valence-electron chi connectivity index (χ0n) is 14.4. The average Bonchev–Trinajstić information content (AvgIpc) is 2.71. The largest absolute Gasteiger partial charge is 0.255 e. The van der Waals surface area contributed by atoms with E-state index in [-0.39, 0.29) is 4.90 Å². The van der Waals surface area contributed by atoms with Gasteiger partial charge in [-0.2, -0.15) is 4.31 Å². The van der Waals surface area contributed by atoms with Gasteiger partial charge in [-0.05, 0) is 35.9 Å². The van der Waals surface area contributed by atoms with Gasteiger partial charge >= 0.3 is 0 Å². The van der Waals surface area contributed by atoms with E-state index in [9.17, 15) is 8.42 Å². The minimum Gasteiger partial charge on any atom is -0.255 e. The van der Waals surface area contributed by atoms with Crippen molar-refractivity contribution in [2.24, 2.45) is 0 Å². The third-order valence-electron chi connectivity index (χ3n) is 4.92. The molecule has 1 aliphatic rings. The smallest absolute Gasteiger partial charge is 0.245 e. The minimum absolute atomic E-state index is 0.250. The Morgan fingerprint density at radius 2 is 1.70 bits per heavy atom. The van der Waals surface area contributed by atoms with E-state index < -0.39 is 10.0 Å². The van der Waals surface area contributed by atoms with E-state index in [0.29, 0.717) is 30.7 Å². The summed E-state index contributed by atoms with van der Waals surface area (Å²) < 4.78 is 28.2. The highest BCUT2D eigenvalue weighted by Gasteiger charge is 2.30. The summed E-state index contributed by atoms with van der Waals surface area (Å²) >= 11 is 0. The lowest BCUT2D eigenvalue weighted by molar-refractivity contribution is 0.389. The summed E-state index contributed by atoms with van der Waals surface area (Å²) in [5.41, 5.74) is 3.06. The van der Waals surface area contributed by atoms with Gasteiger partial charge < -0.3 is 0 Å². The second-order valence-corrected chi connectivity index (χ2v) is 8.47. The lowest BCUT2D eigenvalue weighted by Crippen LogP contribution is -2.36. The number of benzene rings is 1. The number of hydrogen-bond donors (Lipinski definition) is 0. The van der Waals surface area contributed by atoms with E-state index in [2.05, 4.69) is 15.0 Å². The van der Waals surface area contributed by atoms with Crippen LogP contribution in [-0.2, 0) is 23.0 Å². The molecule has 0 fully saturated rings. The molecule has 0 saturated carbocycles. The monoisotopic (exact) mass is 376 g/mol. The van der Waals surface area contributed by atoms with Crippen LogP contribution in [0.5, 0.6) is 0 Å². The highest BCUT2D eigenvalue weighted by molar-refractivity contribution is 7.89. The van der Waals surface area contributed by atoms with Crippen molar-refractivity contribution in [3.8, 4) is 0 Å². The summed E-state index contributed by atoms with van der Waals surface area (Å²) in [6.07, 6.45) is 3.91. The maximum Gasteiger partial charge on any atom is 0.245 e. The number of fused-ring (bicyclic) bond motifs is 3. The average molecular weight is 376 g/mol. The van der Waals surface area contributed by atoms with Gasteiger partial charge in [0.2, 0.25) is 10.0 Å². The molecule has 0 amide bonds. The van der Waals surface area contributed by atoms with Crippen molar-refractivity contribution in [1.29, 1.82) is 0 Å². The van der Waals surface area contributed by atoms with Gasteiger partial charge in [-0.25, -0.2) is 18.4 Å². The zero-order chi connectivity index (χ0) is 18.4. The van der Waals surface area contributed by atoms with Crippen molar-refractivity contribution >= 4 is 32.0 Å². The molecule has 3 aromatic heterocycles. The highest BCUT2D eigenvalue weighted by atomic mass is 32.2. The van der Waals surface area contributed by atoms with Crippen LogP contribution in [0.15, 0.2) is 65.8 Å². The Morgan fingerprint density at radius 1 is 0.926 bits per heavy atom. The van der Waals surface area contributed by atoms with Crippen LogP contribution in [0.25, 0.3) is 21.9 Å². The van der Waals surface area contributed by atoms with Gasteiger partial charge in [0.25, 0.3) is 0 Å². The Bertz CT molecular complexity index is 1280. The summed E-state index contributed by atoms with van der Waals surface area (Å²) in [6, 6.07) is 14.7. The first-order valence-corrected chi connectivity index (χ1v) is 10.1. The molecular formula is C20H16N4O2S. The number of rotatable bonds is 2. The molecule has 0 unspecified atom stereocenters. The Hall–Kier alpha value is -2.90. The van der Waals surface area contributed by atoms with Crippen molar-refractivity contribution in [2.75, 3.05) is 6.54 Å². The summed E-state index contributed by atoms with van der Waals surface area (Å²) in [5, 5.41) is 1.73. The van der Waals surface area contributed by atoms with Crippen LogP contribution in [0.4, 0.5) is 0 Å². The predicted octanol–water partition coefficient (Wildman–Crippen LogP) is 2.93. The highest BCUT2D eigenvalue weighted by Crippen LogP contribution is 2.29. The lowest BCUT2D eigenvalue weighted by Gasteiger charge is -2.28. The molecule has 0 radical (unpaired) electrons. The second kappa shape index (κ2) is 6.07. The standard InChI is InChI=1S/C20H16N4O2S/c25-27(26,18-7-1-4-14-5-2-9-21-19(14)18)24-11-8-17-16(13-24)12-15-6-3-10-22-20(15)23-17/h1-7,9-10,12H,8,11,13H2. The van der Waals surface area contributed by atoms with Crippen LogP contribution in [0.2, 0.25) is 0 Å². The first-order valence-electron chi connectivity index (χ1n) is 8.70. The molecule has 0 aliphatic carbocycles. The Kier molecular flexibility index (Phi) is 3.66. The molecule has 1 aromatic carbocycles. The van der Waals surface area contributed by atoms with Crippen LogP contribution in [0, 0.1) is 0 Å². The van der Waals surface area contributed by atoms with Gasteiger partial charge in [-0.1, -0.05) is 18.2 Å². The van der Waals surface area contributed by atoms with E-state index in [1.165, 1.54) is 4.31 Å². The molecule has 4 heterocycles. The Labute approximate surface area is 156 Å². The fourth-order valence-electron chi connectivity index (χ4n) is 3.57. The number of aromatic nitrogens is 3. The van der Waals surface area contributed by atoms with E-state index in [4.69, 9.17) is 0 Å². The van der Waals surface area contributed by atoms with Crippen LogP contribution in [-0.4, -0.2) is 34.2 Å². The fraction of sp³-hybridized carbons (Fsp3) is 0.150. The Morgan fingerprint density at radius 3 is 2.59 bits per heavy atom. The van der Waals surface area contributed by atoms with Gasteiger partial charge in [-0.3, -0.25) is 4.98 Å². The van der Waals surface area contributed by atoms with Crippen LogP contribution in [0.1, 0.15) is 11.3 Å². The number of hydrogen-bond acceptors (Lipinski definition) is 5. The van der Waals surface area contributed by atoms with Gasteiger partial charge in [-0.15, -0.1) is 0 Å². The molecule has 0 saturated heterocycles. The van der Waals surface area contributed by atoms with E-state index in [0.717, 1.165) is 22.0 Å². The number of pyridine rings is 3. The molecule has 1 aliphatic heterocycles. The molecule has 0 bridgehead atoms. The van der Waals surface area contributed by atoms with Gasteiger partial charge in [0.15, 0.2) is 5.65 Å². The van der Waals surface area contributed by atoms with Gasteiger partial charge in [0, 0.05) is 48.4 Å². The van der Waals surface area contributed by atoms with Crippen molar-refractivity contribution in [3.05, 3.63) is 72.2 Å². The van der Waals surface area contributed by atoms with E-state index in [1.54, 1.807) is 30.6 Å². The topological polar surface area (TPSA) is 76.1 Å². The van der Waals surface area contributed by atoms with E-state index >= 15 is 0 Å². The predicted molar refractivity (Wildman–Crippen MR) is 103 cm³/mol. The molecular weight excluding hydrogens is 360 g/mol. The first kappa shape index (κ1) is 16.3. The lowest BCUT2D eigenvalue weighted by atomic mass is 10.1. The van der Waals surface area contributed by atoms with Crippen molar-refractivity contribution < 1.29 is 8.42 Å². The number of para-hydroxylation sites is 1. The minimum atomic E-state index is -3.66. The van der Waals surface area contributed by atoms with Gasteiger partial charge in [0.05, 0.1) is 5.52 Å². The SMILES string of the molecule is O=S(=O)(c1cccc2cccnc12)N1CCc2nc3ncccc3cc2C1. The van der Waals surface area contributed by atoms with Crippen molar-refractivity contribution in [2.45, 2.75) is 17.9 Å². The first-order chi connectivity index (χ1) is 13.1. The van der Waals surface area contributed by atoms with Crippen LogP contribution < -0.4 is 0 Å². The molecule has 27 heavy (non-hydrogen) atoms. The summed E-state index contributed by atoms with van der Waals surface area (Å²) in [6.45, 7) is 0.697. The van der Waals surface area contributed by atoms with Gasteiger partial charge in [0.1, 0.15) is 4.90 Å². The molecule has 0 atom stereocenters. The molecule has 6 nitrogen and oxygen atoms in total. The summed E-state index contributed by atoms with van der Waals surface area (Å²) in [5.74, 6) is 0. The second-order valence-electron chi connectivity index (χ2n) is 6.56. The normalized spacial score (nSPS) is 15.1. The summed E-state index contributed by atoms with van der Waals surface area (Å²) in [7, 11) is -3.66. The Balaban J connectivity index is 1.58. The molecule has 7 heteroatoms. The maximum absolute atomic E-state index is 13.3. The maximum atomic E-state index is 13.3. The fourth-order valence-corrected chi connectivity index (χ4v) is 5.15. The number of sulfonamides is 1. The molecule has 0 spiro atoms. The van der Waals surface area contributed by atoms with Crippen molar-refractivity contribution in [1.82, 2.24) is 19.3 Å².